The van der Waals surface area contributed by atoms with Crippen molar-refractivity contribution in [2.75, 3.05) is 13.7 Å². The van der Waals surface area contributed by atoms with E-state index in [4.69, 9.17) is 4.74 Å². The summed E-state index contributed by atoms with van der Waals surface area (Å²) in [5, 5.41) is 0. The molecule has 2 rings (SSSR count). The van der Waals surface area contributed by atoms with Crippen LogP contribution in [0.25, 0.3) is 5.70 Å². The Morgan fingerprint density at radius 3 is 2.95 bits per heavy atom. The predicted molar refractivity (Wildman–Crippen MR) is 91.7 cm³/mol. The van der Waals surface area contributed by atoms with E-state index in [2.05, 4.69) is 51.2 Å². The van der Waals surface area contributed by atoms with Gasteiger partial charge in [0.05, 0.1) is 3.92 Å². The Morgan fingerprint density at radius 1 is 1.62 bits per heavy atom. The Balaban J connectivity index is 0.00000220. The van der Waals surface area contributed by atoms with Gasteiger partial charge in [0.1, 0.15) is 12.4 Å². The number of halogens is 2. The zero-order valence-corrected chi connectivity index (χ0v) is 18.2. The van der Waals surface area contributed by atoms with Crippen LogP contribution in [0.3, 0.4) is 0 Å². The second kappa shape index (κ2) is 8.80. The molecule has 0 saturated heterocycles. The van der Waals surface area contributed by atoms with E-state index in [9.17, 15) is 4.79 Å². The second-order valence-electron chi connectivity index (χ2n) is 4.34. The van der Waals surface area contributed by atoms with E-state index in [0.717, 1.165) is 21.5 Å². The van der Waals surface area contributed by atoms with Crippen molar-refractivity contribution >= 4 is 50.1 Å². The van der Waals surface area contributed by atoms with Crippen molar-refractivity contribution in [3.05, 3.63) is 47.0 Å². The summed E-state index contributed by atoms with van der Waals surface area (Å²) in [7, 11) is 1.78. The molecule has 1 aliphatic heterocycles. The molecule has 109 valence electrons. The van der Waals surface area contributed by atoms with Crippen LogP contribution < -0.4 is 4.74 Å². The number of amides is 1. The third-order valence-corrected chi connectivity index (χ3v) is 4.58. The number of hydrogen-bond acceptors (Lipinski definition) is 2. The number of alkyl halides is 1. The standard InChI is InChI=1S/C15H14BrINO2.Y/c1-3-8-20-10-4-5-11(12(16)9-10)14-7-6-13(17)15(19)18(14)2;/h3-5,9,13H,1,6,8H2,2H3;/q-1;. The number of ether oxygens (including phenoxy) is 1. The van der Waals surface area contributed by atoms with Crippen molar-refractivity contribution in [1.29, 1.82) is 0 Å². The second-order valence-corrected chi connectivity index (χ2v) is 6.69. The fraction of sp³-hybridized carbons (Fsp3) is 0.267. The maximum absolute atomic E-state index is 12.0. The summed E-state index contributed by atoms with van der Waals surface area (Å²) >= 11 is 5.68. The molecular weight excluding hydrogens is 522 g/mol. The first kappa shape index (κ1) is 19.3. The van der Waals surface area contributed by atoms with E-state index < -0.39 is 0 Å². The van der Waals surface area contributed by atoms with Crippen LogP contribution in [0.1, 0.15) is 12.0 Å². The molecule has 1 aromatic carbocycles. The van der Waals surface area contributed by atoms with Gasteiger partial charge in [-0.15, -0.1) is 17.3 Å². The van der Waals surface area contributed by atoms with Gasteiger partial charge in [0.25, 0.3) is 0 Å². The molecule has 0 N–H and O–H groups in total. The molecule has 0 aromatic heterocycles. The number of benzene rings is 1. The van der Waals surface area contributed by atoms with Crippen molar-refractivity contribution in [2.24, 2.45) is 0 Å². The van der Waals surface area contributed by atoms with Gasteiger partial charge < -0.3 is 9.64 Å². The number of carbonyl (C=O) groups is 1. The van der Waals surface area contributed by atoms with Crippen LogP contribution in [0, 0.1) is 6.08 Å². The molecule has 1 aromatic rings. The minimum absolute atomic E-state index is 0. The van der Waals surface area contributed by atoms with Crippen LogP contribution in [0.4, 0.5) is 0 Å². The average Bonchev–Trinajstić information content (AvgIpc) is 2.44. The van der Waals surface area contributed by atoms with Crippen LogP contribution in [-0.2, 0) is 37.5 Å². The third-order valence-electron chi connectivity index (χ3n) is 2.95. The largest absolute Gasteiger partial charge is 0.490 e. The minimum Gasteiger partial charge on any atom is -0.490 e. The Kier molecular flexibility index (Phi) is 8.10. The van der Waals surface area contributed by atoms with Gasteiger partial charge in [0.15, 0.2) is 0 Å². The van der Waals surface area contributed by atoms with Crippen LogP contribution >= 0.6 is 38.5 Å². The molecule has 6 heteroatoms. The van der Waals surface area contributed by atoms with Crippen LogP contribution in [0.15, 0.2) is 35.3 Å². The Morgan fingerprint density at radius 2 is 2.33 bits per heavy atom. The first-order valence-corrected chi connectivity index (χ1v) is 8.14. The molecule has 1 radical (unpaired) electrons. The van der Waals surface area contributed by atoms with E-state index in [1.165, 1.54) is 0 Å². The number of rotatable bonds is 4. The van der Waals surface area contributed by atoms with Gasteiger partial charge in [-0.05, 0) is 12.1 Å². The SMILES string of the molecule is C=CCOc1ccc(C2=[C-]CC(I)C(=O)N2C)c(Br)c1.[Y]. The van der Waals surface area contributed by atoms with Gasteiger partial charge in [-0.3, -0.25) is 4.79 Å². The molecule has 21 heavy (non-hydrogen) atoms. The predicted octanol–water partition coefficient (Wildman–Crippen LogP) is 3.82. The molecule has 1 atom stereocenters. The zero-order valence-electron chi connectivity index (χ0n) is 11.6. The molecular formula is C15H14BrINO2Y-. The van der Waals surface area contributed by atoms with Gasteiger partial charge in [-0.2, -0.15) is 0 Å². The summed E-state index contributed by atoms with van der Waals surface area (Å²) in [5.74, 6) is 0.871. The zero-order chi connectivity index (χ0) is 14.7. The van der Waals surface area contributed by atoms with Gasteiger partial charge in [-0.25, -0.2) is 6.08 Å². The van der Waals surface area contributed by atoms with Crippen molar-refractivity contribution in [1.82, 2.24) is 4.90 Å². The first-order chi connectivity index (χ1) is 9.54. The molecule has 1 heterocycles. The van der Waals surface area contributed by atoms with Crippen molar-refractivity contribution in [3.63, 3.8) is 0 Å². The summed E-state index contributed by atoms with van der Waals surface area (Å²) < 4.78 is 6.33. The fourth-order valence-electron chi connectivity index (χ4n) is 1.92. The minimum atomic E-state index is -0.0321. The maximum Gasteiger partial charge on any atom is 0.235 e. The average molecular weight is 536 g/mol. The molecule has 1 unspecified atom stereocenters. The Labute approximate surface area is 172 Å². The normalized spacial score (nSPS) is 17.9. The van der Waals surface area contributed by atoms with Crippen LogP contribution in [0.2, 0.25) is 0 Å². The summed E-state index contributed by atoms with van der Waals surface area (Å²) in [6, 6.07) is 5.71. The van der Waals surface area contributed by atoms with E-state index >= 15 is 0 Å². The van der Waals surface area contributed by atoms with E-state index in [1.54, 1.807) is 18.0 Å². The topological polar surface area (TPSA) is 29.5 Å². The van der Waals surface area contributed by atoms with Gasteiger partial charge in [-0.1, -0.05) is 62.1 Å². The molecule has 1 aliphatic rings. The monoisotopic (exact) mass is 535 g/mol. The number of nitrogens with zero attached hydrogens (tertiary/aromatic N) is 1. The van der Waals surface area contributed by atoms with Crippen molar-refractivity contribution in [2.45, 2.75) is 10.3 Å². The van der Waals surface area contributed by atoms with Gasteiger partial charge in [0.2, 0.25) is 5.91 Å². The van der Waals surface area contributed by atoms with Gasteiger partial charge in [0, 0.05) is 39.8 Å². The molecule has 0 spiro atoms. The smallest absolute Gasteiger partial charge is 0.235 e. The Bertz CT molecular complexity index is 577. The van der Waals surface area contributed by atoms with E-state index in [0.29, 0.717) is 13.0 Å². The molecule has 0 fully saturated rings. The first-order valence-electron chi connectivity index (χ1n) is 6.10. The van der Waals surface area contributed by atoms with Gasteiger partial charge >= 0.3 is 0 Å². The number of carbonyl (C=O) groups excluding carboxylic acids is 1. The molecule has 0 aliphatic carbocycles. The summed E-state index contributed by atoms with van der Waals surface area (Å²) in [5.41, 5.74) is 1.75. The van der Waals surface area contributed by atoms with Crippen LogP contribution in [-0.4, -0.2) is 28.4 Å². The molecule has 1 amide bonds. The maximum atomic E-state index is 12.0. The number of allylic oxidation sites excluding steroid dienone is 1. The molecule has 0 bridgehead atoms. The fourth-order valence-corrected chi connectivity index (χ4v) is 3.10. The van der Waals surface area contributed by atoms with E-state index in [-0.39, 0.29) is 42.5 Å². The van der Waals surface area contributed by atoms with Crippen molar-refractivity contribution in [3.8, 4) is 5.75 Å². The molecule has 0 saturated carbocycles. The third kappa shape index (κ3) is 4.63. The summed E-state index contributed by atoms with van der Waals surface area (Å²) in [4.78, 5) is 13.7. The Hall–Kier alpha value is 0.284. The number of hydrogen-bond donors (Lipinski definition) is 0. The summed E-state index contributed by atoms with van der Waals surface area (Å²) in [6.07, 6.45) is 5.64. The van der Waals surface area contributed by atoms with Crippen molar-refractivity contribution < 1.29 is 42.2 Å². The quantitative estimate of drug-likeness (QED) is 0.254. The van der Waals surface area contributed by atoms with Crippen LogP contribution in [0.5, 0.6) is 5.75 Å². The van der Waals surface area contributed by atoms with E-state index in [1.807, 2.05) is 18.2 Å². The molecule has 3 nitrogen and oxygen atoms in total. The summed E-state index contributed by atoms with van der Waals surface area (Å²) in [6.45, 7) is 4.09.